The number of primary amides is 1. The second-order valence-corrected chi connectivity index (χ2v) is 5.21. The van der Waals surface area contributed by atoms with Gasteiger partial charge < -0.3 is 16.2 Å². The number of para-hydroxylation sites is 1. The Morgan fingerprint density at radius 3 is 2.57 bits per heavy atom. The van der Waals surface area contributed by atoms with Crippen molar-refractivity contribution < 1.29 is 14.7 Å². The van der Waals surface area contributed by atoms with Crippen molar-refractivity contribution in [3.63, 3.8) is 0 Å². The Hall–Kier alpha value is -2.04. The first-order chi connectivity index (χ1) is 10.0. The molecule has 116 valence electrons. The van der Waals surface area contributed by atoms with Crippen LogP contribution in [0.1, 0.15) is 49.4 Å². The number of hydrogen-bond acceptors (Lipinski definition) is 3. The fourth-order valence-electron chi connectivity index (χ4n) is 2.43. The summed E-state index contributed by atoms with van der Waals surface area (Å²) < 4.78 is 0. The molecule has 1 rings (SSSR count). The Kier molecular flexibility index (Phi) is 7.29. The van der Waals surface area contributed by atoms with E-state index in [1.54, 1.807) is 12.1 Å². The first-order valence-electron chi connectivity index (χ1n) is 7.39. The predicted molar refractivity (Wildman–Crippen MR) is 83.3 cm³/mol. The predicted octanol–water partition coefficient (Wildman–Crippen LogP) is 2.87. The average molecular weight is 292 g/mol. The Bertz CT molecular complexity index is 474. The standard InChI is InChI=1S/C16H24N2O3/c1-2-5-12(8-9-15(19)20)10-11-18-14-7-4-3-6-13(14)16(17)21/h3-4,6-7,12,18H,2,5,8-11H2,1H3,(H2,17,21)(H,19,20). The maximum atomic E-state index is 11.3. The van der Waals surface area contributed by atoms with Crippen LogP contribution >= 0.6 is 0 Å². The van der Waals surface area contributed by atoms with Crippen LogP contribution in [0.15, 0.2) is 24.3 Å². The quantitative estimate of drug-likeness (QED) is 0.618. The van der Waals surface area contributed by atoms with Crippen molar-refractivity contribution in [2.24, 2.45) is 11.7 Å². The molecule has 21 heavy (non-hydrogen) atoms. The highest BCUT2D eigenvalue weighted by Crippen LogP contribution is 2.19. The number of carboxylic acid groups (broad SMARTS) is 1. The molecule has 1 unspecified atom stereocenters. The fraction of sp³-hybridized carbons (Fsp3) is 0.500. The molecule has 0 radical (unpaired) electrons. The number of amides is 1. The van der Waals surface area contributed by atoms with Crippen LogP contribution in [-0.2, 0) is 4.79 Å². The van der Waals surface area contributed by atoms with E-state index in [-0.39, 0.29) is 6.42 Å². The van der Waals surface area contributed by atoms with Gasteiger partial charge in [-0.05, 0) is 30.9 Å². The summed E-state index contributed by atoms with van der Waals surface area (Å²) in [6.45, 7) is 2.80. The number of carboxylic acids is 1. The number of benzene rings is 1. The molecule has 0 aliphatic heterocycles. The van der Waals surface area contributed by atoms with Gasteiger partial charge in [0.25, 0.3) is 5.91 Å². The summed E-state index contributed by atoms with van der Waals surface area (Å²) in [6, 6.07) is 7.14. The largest absolute Gasteiger partial charge is 0.481 e. The van der Waals surface area contributed by atoms with Gasteiger partial charge in [-0.3, -0.25) is 9.59 Å². The van der Waals surface area contributed by atoms with Crippen molar-refractivity contribution in [2.75, 3.05) is 11.9 Å². The van der Waals surface area contributed by atoms with Crippen LogP contribution in [0.5, 0.6) is 0 Å². The van der Waals surface area contributed by atoms with Gasteiger partial charge in [0.2, 0.25) is 0 Å². The summed E-state index contributed by atoms with van der Waals surface area (Å²) in [7, 11) is 0. The Morgan fingerprint density at radius 1 is 1.24 bits per heavy atom. The normalized spacial score (nSPS) is 11.9. The minimum atomic E-state index is -0.747. The van der Waals surface area contributed by atoms with Gasteiger partial charge in [-0.25, -0.2) is 0 Å². The smallest absolute Gasteiger partial charge is 0.303 e. The minimum Gasteiger partial charge on any atom is -0.481 e. The number of nitrogens with one attached hydrogen (secondary N) is 1. The number of rotatable bonds is 10. The van der Waals surface area contributed by atoms with Gasteiger partial charge >= 0.3 is 5.97 Å². The second kappa shape index (κ2) is 9.00. The van der Waals surface area contributed by atoms with Gasteiger partial charge in [-0.2, -0.15) is 0 Å². The zero-order chi connectivity index (χ0) is 15.7. The van der Waals surface area contributed by atoms with E-state index in [4.69, 9.17) is 10.8 Å². The van der Waals surface area contributed by atoms with Gasteiger partial charge in [0.05, 0.1) is 5.56 Å². The van der Waals surface area contributed by atoms with Gasteiger partial charge in [0.1, 0.15) is 0 Å². The van der Waals surface area contributed by atoms with Crippen molar-refractivity contribution in [3.8, 4) is 0 Å². The average Bonchev–Trinajstić information content (AvgIpc) is 2.45. The van der Waals surface area contributed by atoms with Crippen LogP contribution in [-0.4, -0.2) is 23.5 Å². The van der Waals surface area contributed by atoms with Gasteiger partial charge in [0.15, 0.2) is 0 Å². The van der Waals surface area contributed by atoms with E-state index in [0.29, 0.717) is 24.4 Å². The maximum Gasteiger partial charge on any atom is 0.303 e. The Morgan fingerprint density at radius 2 is 1.95 bits per heavy atom. The van der Waals surface area contributed by atoms with E-state index in [1.165, 1.54) is 0 Å². The molecule has 0 aliphatic carbocycles. The molecule has 0 saturated carbocycles. The van der Waals surface area contributed by atoms with E-state index in [1.807, 2.05) is 12.1 Å². The van der Waals surface area contributed by atoms with E-state index in [0.717, 1.165) is 24.9 Å². The summed E-state index contributed by atoms with van der Waals surface area (Å²) in [5.74, 6) is -0.809. The summed E-state index contributed by atoms with van der Waals surface area (Å²) in [6.07, 6.45) is 3.85. The number of carbonyl (C=O) groups is 2. The highest BCUT2D eigenvalue weighted by Gasteiger charge is 2.11. The molecule has 1 aromatic carbocycles. The fourth-order valence-corrected chi connectivity index (χ4v) is 2.43. The molecule has 5 nitrogen and oxygen atoms in total. The molecule has 0 heterocycles. The molecule has 0 saturated heterocycles. The number of carbonyl (C=O) groups excluding carboxylic acids is 1. The maximum absolute atomic E-state index is 11.3. The van der Waals surface area contributed by atoms with E-state index in [9.17, 15) is 9.59 Å². The van der Waals surface area contributed by atoms with E-state index >= 15 is 0 Å². The lowest BCUT2D eigenvalue weighted by Crippen LogP contribution is -2.16. The summed E-state index contributed by atoms with van der Waals surface area (Å²) in [4.78, 5) is 22.0. The zero-order valence-electron chi connectivity index (χ0n) is 12.5. The summed E-state index contributed by atoms with van der Waals surface area (Å²) in [5.41, 5.74) is 6.55. The van der Waals surface area contributed by atoms with Gasteiger partial charge in [-0.15, -0.1) is 0 Å². The summed E-state index contributed by atoms with van der Waals surface area (Å²) >= 11 is 0. The third-order valence-electron chi connectivity index (χ3n) is 3.52. The molecule has 5 heteroatoms. The lowest BCUT2D eigenvalue weighted by atomic mass is 9.94. The molecule has 0 aromatic heterocycles. The summed E-state index contributed by atoms with van der Waals surface area (Å²) in [5, 5.41) is 12.0. The van der Waals surface area contributed by atoms with Crippen molar-refractivity contribution in [1.29, 1.82) is 0 Å². The number of aliphatic carboxylic acids is 1. The van der Waals surface area contributed by atoms with Gasteiger partial charge in [-0.1, -0.05) is 31.9 Å². The molecule has 1 atom stereocenters. The number of nitrogens with two attached hydrogens (primary N) is 1. The lowest BCUT2D eigenvalue weighted by Gasteiger charge is -2.16. The molecular weight excluding hydrogens is 268 g/mol. The van der Waals surface area contributed by atoms with E-state index < -0.39 is 11.9 Å². The van der Waals surface area contributed by atoms with Crippen molar-refractivity contribution in [1.82, 2.24) is 0 Å². The van der Waals surface area contributed by atoms with Crippen LogP contribution in [0, 0.1) is 5.92 Å². The SMILES string of the molecule is CCCC(CCNc1ccccc1C(N)=O)CCC(=O)O. The van der Waals surface area contributed by atoms with Crippen LogP contribution in [0.2, 0.25) is 0 Å². The van der Waals surface area contributed by atoms with Gasteiger partial charge in [0, 0.05) is 18.7 Å². The first-order valence-corrected chi connectivity index (χ1v) is 7.39. The Labute approximate surface area is 125 Å². The number of hydrogen-bond donors (Lipinski definition) is 3. The third-order valence-corrected chi connectivity index (χ3v) is 3.52. The van der Waals surface area contributed by atoms with Crippen molar-refractivity contribution in [3.05, 3.63) is 29.8 Å². The molecule has 0 aliphatic rings. The van der Waals surface area contributed by atoms with Crippen LogP contribution in [0.25, 0.3) is 0 Å². The highest BCUT2D eigenvalue weighted by atomic mass is 16.4. The monoisotopic (exact) mass is 292 g/mol. The molecule has 4 N–H and O–H groups in total. The molecular formula is C16H24N2O3. The minimum absolute atomic E-state index is 0.211. The zero-order valence-corrected chi connectivity index (χ0v) is 12.5. The van der Waals surface area contributed by atoms with E-state index in [2.05, 4.69) is 12.2 Å². The van der Waals surface area contributed by atoms with Crippen LogP contribution in [0.4, 0.5) is 5.69 Å². The molecule has 1 aromatic rings. The van der Waals surface area contributed by atoms with Crippen molar-refractivity contribution >= 4 is 17.6 Å². The third kappa shape index (κ3) is 6.29. The number of anilines is 1. The van der Waals surface area contributed by atoms with Crippen LogP contribution < -0.4 is 11.1 Å². The lowest BCUT2D eigenvalue weighted by molar-refractivity contribution is -0.137. The van der Waals surface area contributed by atoms with Crippen LogP contribution in [0.3, 0.4) is 0 Å². The van der Waals surface area contributed by atoms with Crippen molar-refractivity contribution in [2.45, 2.75) is 39.0 Å². The Balaban J connectivity index is 2.50. The highest BCUT2D eigenvalue weighted by molar-refractivity contribution is 5.98. The second-order valence-electron chi connectivity index (χ2n) is 5.21. The molecule has 0 bridgehead atoms. The molecule has 0 fully saturated rings. The topological polar surface area (TPSA) is 92.4 Å². The molecule has 0 spiro atoms. The molecule has 1 amide bonds. The first kappa shape index (κ1) is 17.0.